The van der Waals surface area contributed by atoms with Gasteiger partial charge in [0.15, 0.2) is 5.76 Å². The summed E-state index contributed by atoms with van der Waals surface area (Å²) in [5.41, 5.74) is 4.55. The normalized spacial score (nSPS) is 11.4. The van der Waals surface area contributed by atoms with E-state index in [1.165, 1.54) is 0 Å². The molecule has 5 heteroatoms. The number of nitrogens with one attached hydrogen (secondary N) is 2. The van der Waals surface area contributed by atoms with E-state index in [0.717, 1.165) is 11.0 Å². The van der Waals surface area contributed by atoms with Crippen molar-refractivity contribution in [3.05, 3.63) is 66.4 Å². The molecule has 2 aromatic carbocycles. The molecule has 0 saturated heterocycles. The van der Waals surface area contributed by atoms with Gasteiger partial charge in [-0.3, -0.25) is 0 Å². The van der Waals surface area contributed by atoms with Crippen molar-refractivity contribution in [2.75, 3.05) is 5.32 Å². The highest BCUT2D eigenvalue weighted by atomic mass is 16.3. The van der Waals surface area contributed by atoms with Crippen molar-refractivity contribution >= 4 is 28.4 Å². The first-order valence-electron chi connectivity index (χ1n) is 6.87. The van der Waals surface area contributed by atoms with E-state index >= 15 is 0 Å². The number of hydrogen-bond donors (Lipinski definition) is 2. The lowest BCUT2D eigenvalue weighted by Crippen LogP contribution is -2.25. The van der Waals surface area contributed by atoms with E-state index < -0.39 is 6.03 Å². The van der Waals surface area contributed by atoms with Crippen molar-refractivity contribution in [1.29, 1.82) is 0 Å². The van der Waals surface area contributed by atoms with Crippen LogP contribution in [-0.2, 0) is 0 Å². The van der Waals surface area contributed by atoms with Crippen LogP contribution in [0, 0.1) is 0 Å². The maximum atomic E-state index is 11.8. The molecule has 22 heavy (non-hydrogen) atoms. The quantitative estimate of drug-likeness (QED) is 0.566. The van der Waals surface area contributed by atoms with E-state index in [4.69, 9.17) is 4.42 Å². The summed E-state index contributed by atoms with van der Waals surface area (Å²) >= 11 is 0. The third-order valence-corrected chi connectivity index (χ3v) is 3.14. The number of fused-ring (bicyclic) bond motifs is 1. The second-order valence-corrected chi connectivity index (χ2v) is 4.78. The van der Waals surface area contributed by atoms with Crippen LogP contribution in [0.4, 0.5) is 10.5 Å². The molecule has 0 unspecified atom stereocenters. The van der Waals surface area contributed by atoms with Crippen LogP contribution in [0.2, 0.25) is 0 Å². The number of nitrogens with zero attached hydrogens (tertiary/aromatic N) is 1. The number of amides is 2. The molecule has 0 aliphatic carbocycles. The van der Waals surface area contributed by atoms with Gasteiger partial charge in [-0.15, -0.1) is 0 Å². The summed E-state index contributed by atoms with van der Waals surface area (Å²) in [5, 5.41) is 7.73. The van der Waals surface area contributed by atoms with Crippen LogP contribution in [-0.4, -0.2) is 11.7 Å². The smallest absolute Gasteiger partial charge is 0.339 e. The first-order chi connectivity index (χ1) is 10.7. The summed E-state index contributed by atoms with van der Waals surface area (Å²) in [6.45, 7) is 1.78. The van der Waals surface area contributed by atoms with Crippen molar-refractivity contribution in [2.45, 2.75) is 6.92 Å². The molecule has 0 bridgehead atoms. The minimum Gasteiger partial charge on any atom is -0.455 e. The Morgan fingerprint density at radius 3 is 2.55 bits per heavy atom. The molecule has 1 heterocycles. The van der Waals surface area contributed by atoms with Gasteiger partial charge in [0.25, 0.3) is 0 Å². The van der Waals surface area contributed by atoms with Gasteiger partial charge in [0, 0.05) is 11.1 Å². The van der Waals surface area contributed by atoms with Gasteiger partial charge in [-0.05, 0) is 31.2 Å². The predicted molar refractivity (Wildman–Crippen MR) is 87.0 cm³/mol. The molecule has 3 aromatic rings. The summed E-state index contributed by atoms with van der Waals surface area (Å²) in [6, 6.07) is 18.4. The third kappa shape index (κ3) is 3.15. The number of benzene rings is 2. The van der Waals surface area contributed by atoms with Crippen molar-refractivity contribution in [1.82, 2.24) is 5.43 Å². The zero-order chi connectivity index (χ0) is 15.4. The molecule has 0 atom stereocenters. The minimum absolute atomic E-state index is 0.401. The molecule has 0 saturated carbocycles. The van der Waals surface area contributed by atoms with Gasteiger partial charge in [-0.1, -0.05) is 36.4 Å². The molecular weight excluding hydrogens is 278 g/mol. The molecule has 0 fully saturated rings. The number of hydrazone groups is 1. The van der Waals surface area contributed by atoms with E-state index in [-0.39, 0.29) is 0 Å². The molecule has 1 aromatic heterocycles. The van der Waals surface area contributed by atoms with E-state index in [9.17, 15) is 4.79 Å². The molecule has 0 aliphatic heterocycles. The van der Waals surface area contributed by atoms with Crippen LogP contribution in [0.5, 0.6) is 0 Å². The van der Waals surface area contributed by atoms with Crippen LogP contribution in [0.3, 0.4) is 0 Å². The first kappa shape index (κ1) is 13.9. The van der Waals surface area contributed by atoms with E-state index in [0.29, 0.717) is 17.2 Å². The van der Waals surface area contributed by atoms with Crippen molar-refractivity contribution in [2.24, 2.45) is 5.10 Å². The molecule has 0 spiro atoms. The molecule has 2 N–H and O–H groups in total. The number of carbonyl (C=O) groups is 1. The lowest BCUT2D eigenvalue weighted by atomic mass is 10.2. The van der Waals surface area contributed by atoms with Crippen molar-refractivity contribution < 1.29 is 9.21 Å². The second-order valence-electron chi connectivity index (χ2n) is 4.78. The topological polar surface area (TPSA) is 66.6 Å². The van der Waals surface area contributed by atoms with Gasteiger partial charge >= 0.3 is 6.03 Å². The molecule has 2 amide bonds. The van der Waals surface area contributed by atoms with E-state index in [2.05, 4.69) is 15.8 Å². The fraction of sp³-hybridized carbons (Fsp3) is 0.0588. The van der Waals surface area contributed by atoms with E-state index in [1.54, 1.807) is 19.1 Å². The summed E-state index contributed by atoms with van der Waals surface area (Å²) in [6.07, 6.45) is 0. The summed E-state index contributed by atoms with van der Waals surface area (Å²) in [4.78, 5) is 11.8. The number of hydrogen-bond acceptors (Lipinski definition) is 3. The lowest BCUT2D eigenvalue weighted by molar-refractivity contribution is 0.252. The number of urea groups is 1. The van der Waals surface area contributed by atoms with Gasteiger partial charge in [0.1, 0.15) is 11.3 Å². The van der Waals surface area contributed by atoms with Crippen LogP contribution in [0.15, 0.2) is 70.2 Å². The molecule has 110 valence electrons. The highest BCUT2D eigenvalue weighted by Crippen LogP contribution is 2.19. The summed E-state index contributed by atoms with van der Waals surface area (Å²) < 4.78 is 5.68. The fourth-order valence-electron chi connectivity index (χ4n) is 2.03. The van der Waals surface area contributed by atoms with Gasteiger partial charge in [0.2, 0.25) is 0 Å². The van der Waals surface area contributed by atoms with Crippen molar-refractivity contribution in [3.8, 4) is 0 Å². The maximum absolute atomic E-state index is 11.8. The number of rotatable bonds is 3. The van der Waals surface area contributed by atoms with Gasteiger partial charge < -0.3 is 9.73 Å². The van der Waals surface area contributed by atoms with Crippen LogP contribution >= 0.6 is 0 Å². The second kappa shape index (κ2) is 6.13. The monoisotopic (exact) mass is 293 g/mol. The molecule has 0 radical (unpaired) electrons. The molecular formula is C17H15N3O2. The number of para-hydroxylation sites is 2. The zero-order valence-electron chi connectivity index (χ0n) is 12.0. The highest BCUT2D eigenvalue weighted by Gasteiger charge is 2.07. The third-order valence-electron chi connectivity index (χ3n) is 3.14. The average molecular weight is 293 g/mol. The minimum atomic E-state index is -0.401. The molecule has 5 nitrogen and oxygen atoms in total. The Balaban J connectivity index is 1.68. The number of anilines is 1. The summed E-state index contributed by atoms with van der Waals surface area (Å²) in [5.74, 6) is 0.626. The predicted octanol–water partition coefficient (Wildman–Crippen LogP) is 3.98. The largest absolute Gasteiger partial charge is 0.455 e. The summed E-state index contributed by atoms with van der Waals surface area (Å²) in [7, 11) is 0. The molecule has 3 rings (SSSR count). The Labute approximate surface area is 127 Å². The van der Waals surface area contributed by atoms with Crippen LogP contribution in [0.25, 0.3) is 11.0 Å². The Kier molecular flexibility index (Phi) is 3.87. The number of carbonyl (C=O) groups excluding carboxylic acids is 1. The van der Waals surface area contributed by atoms with Crippen LogP contribution in [0.1, 0.15) is 12.7 Å². The SMILES string of the molecule is CC(=NNC(=O)Nc1ccccc1)c1cc2ccccc2o1. The fourth-order valence-corrected chi connectivity index (χ4v) is 2.03. The van der Waals surface area contributed by atoms with Gasteiger partial charge in [0.05, 0.1) is 0 Å². The Bertz CT molecular complexity index is 789. The van der Waals surface area contributed by atoms with E-state index in [1.807, 2.05) is 48.5 Å². The maximum Gasteiger partial charge on any atom is 0.339 e. The standard InChI is InChI=1S/C17H15N3O2/c1-12(16-11-13-7-5-6-10-15(13)22-16)19-20-17(21)18-14-8-3-2-4-9-14/h2-11H,1H3,(H2,18,20,21). The Hall–Kier alpha value is -3.08. The Morgan fingerprint density at radius 2 is 1.77 bits per heavy atom. The van der Waals surface area contributed by atoms with Crippen LogP contribution < -0.4 is 10.7 Å². The van der Waals surface area contributed by atoms with Gasteiger partial charge in [-0.25, -0.2) is 10.2 Å². The van der Waals surface area contributed by atoms with Gasteiger partial charge in [-0.2, -0.15) is 5.10 Å². The Morgan fingerprint density at radius 1 is 1.05 bits per heavy atom. The lowest BCUT2D eigenvalue weighted by Gasteiger charge is -2.04. The number of furan rings is 1. The average Bonchev–Trinajstić information content (AvgIpc) is 2.98. The highest BCUT2D eigenvalue weighted by molar-refractivity contribution is 6.00. The van der Waals surface area contributed by atoms with Crippen molar-refractivity contribution in [3.63, 3.8) is 0 Å². The molecule has 0 aliphatic rings. The zero-order valence-corrected chi connectivity index (χ0v) is 12.0. The first-order valence-corrected chi connectivity index (χ1v) is 6.87.